The Morgan fingerprint density at radius 2 is 1.50 bits per heavy atom. The topological polar surface area (TPSA) is 35.5 Å². The number of rotatable bonds is 8. The lowest BCUT2D eigenvalue weighted by Gasteiger charge is -2.21. The van der Waals surface area contributed by atoms with Gasteiger partial charge in [0, 0.05) is 31.9 Å². The second-order valence-corrected chi connectivity index (χ2v) is 4.78. The van der Waals surface area contributed by atoms with Crippen LogP contribution in [0.2, 0.25) is 0 Å². The number of benzene rings is 2. The van der Waals surface area contributed by atoms with Gasteiger partial charge in [-0.3, -0.25) is 4.90 Å². The summed E-state index contributed by atoms with van der Waals surface area (Å²) in [7, 11) is 0. The second kappa shape index (κ2) is 8.35. The first kappa shape index (κ1) is 14.6. The minimum atomic E-state index is 0.193. The molecule has 0 fully saturated rings. The van der Waals surface area contributed by atoms with Crippen LogP contribution in [0.4, 0.5) is 5.69 Å². The molecule has 0 radical (unpaired) electrons. The highest BCUT2D eigenvalue weighted by atomic mass is 16.3. The van der Waals surface area contributed by atoms with Crippen molar-refractivity contribution in [3.05, 3.63) is 66.2 Å². The molecule has 3 nitrogen and oxygen atoms in total. The van der Waals surface area contributed by atoms with Gasteiger partial charge in [-0.15, -0.1) is 0 Å². The maximum absolute atomic E-state index is 9.17. The van der Waals surface area contributed by atoms with Gasteiger partial charge in [-0.05, 0) is 17.7 Å². The first-order valence-corrected chi connectivity index (χ1v) is 7.04. The third-order valence-corrected chi connectivity index (χ3v) is 3.20. The van der Waals surface area contributed by atoms with Crippen LogP contribution in [0.1, 0.15) is 5.56 Å². The summed E-state index contributed by atoms with van der Waals surface area (Å²) in [5.74, 6) is 0. The first-order valence-electron chi connectivity index (χ1n) is 7.04. The summed E-state index contributed by atoms with van der Waals surface area (Å²) in [6.07, 6.45) is 0. The Balaban J connectivity index is 1.80. The number of hydrogen-bond donors (Lipinski definition) is 2. The minimum Gasteiger partial charge on any atom is -0.395 e. The van der Waals surface area contributed by atoms with Crippen LogP contribution in [0.3, 0.4) is 0 Å². The molecule has 0 heterocycles. The molecule has 0 aromatic heterocycles. The fourth-order valence-corrected chi connectivity index (χ4v) is 2.17. The summed E-state index contributed by atoms with van der Waals surface area (Å²) in [4.78, 5) is 2.26. The first-order chi connectivity index (χ1) is 9.88. The van der Waals surface area contributed by atoms with E-state index < -0.39 is 0 Å². The fraction of sp³-hybridized carbons (Fsp3) is 0.294. The zero-order valence-electron chi connectivity index (χ0n) is 11.7. The Kier molecular flexibility index (Phi) is 6.08. The summed E-state index contributed by atoms with van der Waals surface area (Å²) in [6.45, 7) is 3.54. The average Bonchev–Trinajstić information content (AvgIpc) is 2.49. The van der Waals surface area contributed by atoms with E-state index in [1.54, 1.807) is 0 Å². The summed E-state index contributed by atoms with van der Waals surface area (Å²) in [5, 5.41) is 12.6. The second-order valence-electron chi connectivity index (χ2n) is 4.78. The smallest absolute Gasteiger partial charge is 0.0558 e. The zero-order chi connectivity index (χ0) is 14.0. The molecular weight excluding hydrogens is 248 g/mol. The summed E-state index contributed by atoms with van der Waals surface area (Å²) in [5.41, 5.74) is 2.41. The van der Waals surface area contributed by atoms with Crippen molar-refractivity contribution in [2.24, 2.45) is 0 Å². The Labute approximate surface area is 120 Å². The lowest BCUT2D eigenvalue weighted by atomic mass is 10.2. The van der Waals surface area contributed by atoms with E-state index in [9.17, 15) is 0 Å². The maximum Gasteiger partial charge on any atom is 0.0558 e. The van der Waals surface area contributed by atoms with Crippen molar-refractivity contribution < 1.29 is 5.11 Å². The van der Waals surface area contributed by atoms with E-state index in [0.717, 1.165) is 25.3 Å². The number of para-hydroxylation sites is 1. The van der Waals surface area contributed by atoms with Gasteiger partial charge < -0.3 is 10.4 Å². The number of aliphatic hydroxyl groups excluding tert-OH is 1. The lowest BCUT2D eigenvalue weighted by Crippen LogP contribution is -2.31. The van der Waals surface area contributed by atoms with Crippen LogP contribution in [0.15, 0.2) is 60.7 Å². The minimum absolute atomic E-state index is 0.193. The largest absolute Gasteiger partial charge is 0.395 e. The maximum atomic E-state index is 9.17. The highest BCUT2D eigenvalue weighted by Gasteiger charge is 2.04. The van der Waals surface area contributed by atoms with Crippen molar-refractivity contribution in [2.75, 3.05) is 31.6 Å². The molecule has 20 heavy (non-hydrogen) atoms. The van der Waals surface area contributed by atoms with Crippen molar-refractivity contribution >= 4 is 5.69 Å². The normalized spacial score (nSPS) is 10.7. The van der Waals surface area contributed by atoms with Gasteiger partial charge in [0.25, 0.3) is 0 Å². The molecule has 0 unspecified atom stereocenters. The standard InChI is InChI=1S/C17H22N2O/c20-14-13-19(15-16-7-3-1-4-8-16)12-11-18-17-9-5-2-6-10-17/h1-10,18,20H,11-15H2. The van der Waals surface area contributed by atoms with Gasteiger partial charge in [-0.1, -0.05) is 48.5 Å². The van der Waals surface area contributed by atoms with E-state index >= 15 is 0 Å². The molecule has 0 aliphatic carbocycles. The van der Waals surface area contributed by atoms with Gasteiger partial charge in [0.1, 0.15) is 0 Å². The number of anilines is 1. The van der Waals surface area contributed by atoms with Crippen LogP contribution >= 0.6 is 0 Å². The van der Waals surface area contributed by atoms with Crippen molar-refractivity contribution in [3.8, 4) is 0 Å². The molecule has 0 saturated carbocycles. The third kappa shape index (κ3) is 5.03. The van der Waals surface area contributed by atoms with Crippen molar-refractivity contribution in [1.29, 1.82) is 0 Å². The molecular formula is C17H22N2O. The van der Waals surface area contributed by atoms with E-state index in [1.165, 1.54) is 5.56 Å². The molecule has 0 atom stereocenters. The number of nitrogens with zero attached hydrogens (tertiary/aromatic N) is 1. The molecule has 2 aromatic rings. The Morgan fingerprint density at radius 3 is 2.15 bits per heavy atom. The van der Waals surface area contributed by atoms with Gasteiger partial charge in [0.15, 0.2) is 0 Å². The molecule has 0 spiro atoms. The predicted molar refractivity (Wildman–Crippen MR) is 83.7 cm³/mol. The highest BCUT2D eigenvalue weighted by molar-refractivity contribution is 5.42. The molecule has 0 bridgehead atoms. The SMILES string of the molecule is OCCN(CCNc1ccccc1)Cc1ccccc1. The van der Waals surface area contributed by atoms with Crippen molar-refractivity contribution in [2.45, 2.75) is 6.54 Å². The molecule has 0 aliphatic heterocycles. The Hall–Kier alpha value is -1.84. The van der Waals surface area contributed by atoms with Gasteiger partial charge in [0.05, 0.1) is 6.61 Å². The van der Waals surface area contributed by atoms with Crippen LogP contribution in [-0.2, 0) is 6.54 Å². The van der Waals surface area contributed by atoms with E-state index in [2.05, 4.69) is 46.6 Å². The molecule has 0 amide bonds. The van der Waals surface area contributed by atoms with Crippen LogP contribution in [0, 0.1) is 0 Å². The third-order valence-electron chi connectivity index (χ3n) is 3.20. The van der Waals surface area contributed by atoms with Gasteiger partial charge in [0.2, 0.25) is 0 Å². The predicted octanol–water partition coefficient (Wildman–Crippen LogP) is 2.59. The van der Waals surface area contributed by atoms with Gasteiger partial charge in [-0.2, -0.15) is 0 Å². The van der Waals surface area contributed by atoms with E-state index in [-0.39, 0.29) is 6.61 Å². The van der Waals surface area contributed by atoms with Crippen LogP contribution in [0.5, 0.6) is 0 Å². The summed E-state index contributed by atoms with van der Waals surface area (Å²) < 4.78 is 0. The van der Waals surface area contributed by atoms with E-state index in [0.29, 0.717) is 6.54 Å². The van der Waals surface area contributed by atoms with E-state index in [4.69, 9.17) is 5.11 Å². The van der Waals surface area contributed by atoms with Crippen LogP contribution in [0.25, 0.3) is 0 Å². The Bertz CT molecular complexity index is 473. The summed E-state index contributed by atoms with van der Waals surface area (Å²) >= 11 is 0. The molecule has 0 saturated heterocycles. The van der Waals surface area contributed by atoms with Crippen LogP contribution in [-0.4, -0.2) is 36.2 Å². The van der Waals surface area contributed by atoms with Gasteiger partial charge >= 0.3 is 0 Å². The molecule has 3 heteroatoms. The Morgan fingerprint density at radius 1 is 0.850 bits per heavy atom. The lowest BCUT2D eigenvalue weighted by molar-refractivity contribution is 0.195. The quantitative estimate of drug-likeness (QED) is 0.774. The van der Waals surface area contributed by atoms with E-state index in [1.807, 2.05) is 24.3 Å². The highest BCUT2D eigenvalue weighted by Crippen LogP contribution is 2.06. The number of aliphatic hydroxyl groups is 1. The van der Waals surface area contributed by atoms with Crippen molar-refractivity contribution in [3.63, 3.8) is 0 Å². The molecule has 106 valence electrons. The molecule has 2 aromatic carbocycles. The number of hydrogen-bond acceptors (Lipinski definition) is 3. The monoisotopic (exact) mass is 270 g/mol. The zero-order valence-corrected chi connectivity index (χ0v) is 11.7. The average molecular weight is 270 g/mol. The summed E-state index contributed by atoms with van der Waals surface area (Å²) in [6, 6.07) is 20.6. The van der Waals surface area contributed by atoms with Gasteiger partial charge in [-0.25, -0.2) is 0 Å². The number of nitrogens with one attached hydrogen (secondary N) is 1. The van der Waals surface area contributed by atoms with Crippen LogP contribution < -0.4 is 5.32 Å². The molecule has 0 aliphatic rings. The molecule has 2 rings (SSSR count). The van der Waals surface area contributed by atoms with Crippen molar-refractivity contribution in [1.82, 2.24) is 4.90 Å². The molecule has 2 N–H and O–H groups in total. The fourth-order valence-electron chi connectivity index (χ4n) is 2.17.